The van der Waals surface area contributed by atoms with Gasteiger partial charge in [0.2, 0.25) is 0 Å². The Labute approximate surface area is 229 Å². The summed E-state index contributed by atoms with van der Waals surface area (Å²) in [5.74, 6) is -0.475. The van der Waals surface area contributed by atoms with Crippen molar-refractivity contribution in [3.05, 3.63) is 48.3 Å². The Morgan fingerprint density at radius 2 is 1.74 bits per heavy atom. The van der Waals surface area contributed by atoms with Crippen LogP contribution in [0.25, 0.3) is 22.5 Å². The van der Waals surface area contributed by atoms with Gasteiger partial charge in [0.05, 0.1) is 34.4 Å². The number of aromatic nitrogens is 3. The van der Waals surface area contributed by atoms with Gasteiger partial charge in [0, 0.05) is 61.5 Å². The van der Waals surface area contributed by atoms with Crippen LogP contribution in [0.15, 0.2) is 41.7 Å². The van der Waals surface area contributed by atoms with Crippen LogP contribution in [-0.4, -0.2) is 72.0 Å². The fraction of sp³-hybridized carbons (Fsp3) is 0.464. The standard InChI is InChI=1S/C28H36FN5O4S/c1-18(2)34-19(3)26(39(7,36)37)24(25(34)23-9-8-21(29)16-31-23)20-14-22(17-30-15-20)32-10-12-33(13-11-32)27(35)38-28(4,5)6/h8-9,14-18H,10-13H2,1-7H3. The quantitative estimate of drug-likeness (QED) is 0.430. The van der Waals surface area contributed by atoms with Gasteiger partial charge in [-0.25, -0.2) is 17.6 Å². The molecule has 3 aromatic heterocycles. The van der Waals surface area contributed by atoms with Crippen LogP contribution in [0, 0.1) is 12.7 Å². The summed E-state index contributed by atoms with van der Waals surface area (Å²) in [6.45, 7) is 13.3. The third-order valence-corrected chi connectivity index (χ3v) is 7.80. The largest absolute Gasteiger partial charge is 0.444 e. The molecule has 3 aromatic rings. The van der Waals surface area contributed by atoms with Gasteiger partial charge in [0.25, 0.3) is 0 Å². The van der Waals surface area contributed by atoms with Crippen LogP contribution in [0.2, 0.25) is 0 Å². The lowest BCUT2D eigenvalue weighted by molar-refractivity contribution is 0.0240. The number of carbonyl (C=O) groups is 1. The van der Waals surface area contributed by atoms with Crippen molar-refractivity contribution < 1.29 is 22.3 Å². The smallest absolute Gasteiger partial charge is 0.410 e. The van der Waals surface area contributed by atoms with Crippen molar-refractivity contribution in [2.75, 3.05) is 37.3 Å². The van der Waals surface area contributed by atoms with Crippen LogP contribution in [-0.2, 0) is 14.6 Å². The zero-order valence-electron chi connectivity index (χ0n) is 23.5. The highest BCUT2D eigenvalue weighted by molar-refractivity contribution is 7.91. The third-order valence-electron chi connectivity index (χ3n) is 6.56. The second-order valence-corrected chi connectivity index (χ2v) is 13.1. The SMILES string of the molecule is Cc1c(S(C)(=O)=O)c(-c2cncc(N3CCN(C(=O)OC(C)(C)C)CC3)c2)c(-c2ccc(F)cn2)n1C(C)C. The molecule has 1 aliphatic rings. The van der Waals surface area contributed by atoms with Gasteiger partial charge < -0.3 is 19.1 Å². The third kappa shape index (κ3) is 6.08. The molecule has 1 amide bonds. The molecule has 0 bridgehead atoms. The average Bonchev–Trinajstić information content (AvgIpc) is 3.17. The molecule has 0 unspecified atom stereocenters. The predicted octanol–water partition coefficient (Wildman–Crippen LogP) is 5.10. The molecule has 4 rings (SSSR count). The first-order valence-electron chi connectivity index (χ1n) is 12.9. The maximum Gasteiger partial charge on any atom is 0.410 e. The zero-order chi connectivity index (χ0) is 28.7. The van der Waals surface area contributed by atoms with Gasteiger partial charge in [0.15, 0.2) is 9.84 Å². The van der Waals surface area contributed by atoms with Crippen LogP contribution < -0.4 is 4.90 Å². The molecule has 1 fully saturated rings. The minimum absolute atomic E-state index is 0.0850. The molecular weight excluding hydrogens is 521 g/mol. The predicted molar refractivity (Wildman–Crippen MR) is 149 cm³/mol. The van der Waals surface area contributed by atoms with E-state index < -0.39 is 21.3 Å². The molecule has 0 aliphatic carbocycles. The molecule has 0 N–H and O–H groups in total. The number of carbonyl (C=O) groups excluding carboxylic acids is 1. The zero-order valence-corrected chi connectivity index (χ0v) is 24.3. The first-order chi connectivity index (χ1) is 18.2. The summed E-state index contributed by atoms with van der Waals surface area (Å²) in [6.07, 6.45) is 5.36. The Morgan fingerprint density at radius 3 is 2.28 bits per heavy atom. The fourth-order valence-corrected chi connectivity index (χ4v) is 6.25. The van der Waals surface area contributed by atoms with Crippen LogP contribution in [0.3, 0.4) is 0 Å². The van der Waals surface area contributed by atoms with E-state index in [-0.39, 0.29) is 17.0 Å². The molecule has 0 aromatic carbocycles. The Hall–Kier alpha value is -3.47. The molecule has 1 aliphatic heterocycles. The van der Waals surface area contributed by atoms with Crippen molar-refractivity contribution in [1.82, 2.24) is 19.4 Å². The first kappa shape index (κ1) is 28.5. The van der Waals surface area contributed by atoms with Gasteiger partial charge in [-0.2, -0.15) is 0 Å². The van der Waals surface area contributed by atoms with Crippen molar-refractivity contribution >= 4 is 21.6 Å². The number of piperazine rings is 1. The number of halogens is 1. The van der Waals surface area contributed by atoms with E-state index in [1.54, 1.807) is 30.3 Å². The number of hydrogen-bond donors (Lipinski definition) is 0. The van der Waals surface area contributed by atoms with Crippen LogP contribution in [0.5, 0.6) is 0 Å². The first-order valence-corrected chi connectivity index (χ1v) is 14.8. The second-order valence-electron chi connectivity index (χ2n) is 11.1. The van der Waals surface area contributed by atoms with E-state index in [0.717, 1.165) is 11.9 Å². The van der Waals surface area contributed by atoms with Crippen LogP contribution in [0.1, 0.15) is 46.4 Å². The van der Waals surface area contributed by atoms with Gasteiger partial charge in [0.1, 0.15) is 11.4 Å². The maximum atomic E-state index is 13.8. The van der Waals surface area contributed by atoms with E-state index in [1.165, 1.54) is 12.3 Å². The average molecular weight is 558 g/mol. The number of hydrogen-bond acceptors (Lipinski definition) is 7. The molecule has 1 saturated heterocycles. The van der Waals surface area contributed by atoms with E-state index in [4.69, 9.17) is 4.74 Å². The summed E-state index contributed by atoms with van der Waals surface area (Å²) in [7, 11) is -3.66. The minimum Gasteiger partial charge on any atom is -0.444 e. The van der Waals surface area contributed by atoms with Crippen molar-refractivity contribution in [1.29, 1.82) is 0 Å². The number of sulfone groups is 1. The van der Waals surface area contributed by atoms with Gasteiger partial charge in [-0.05, 0) is 59.7 Å². The molecule has 0 spiro atoms. The Kier molecular flexibility index (Phi) is 7.75. The van der Waals surface area contributed by atoms with Crippen LogP contribution >= 0.6 is 0 Å². The van der Waals surface area contributed by atoms with Gasteiger partial charge in [-0.1, -0.05) is 0 Å². The van der Waals surface area contributed by atoms with Crippen molar-refractivity contribution in [3.8, 4) is 22.5 Å². The summed E-state index contributed by atoms with van der Waals surface area (Å²) in [4.78, 5) is 25.3. The second kappa shape index (κ2) is 10.6. The van der Waals surface area contributed by atoms with Gasteiger partial charge in [-0.3, -0.25) is 9.97 Å². The number of anilines is 1. The number of amides is 1. The molecule has 4 heterocycles. The Morgan fingerprint density at radius 1 is 1.08 bits per heavy atom. The highest BCUT2D eigenvalue weighted by Gasteiger charge is 2.31. The summed E-state index contributed by atoms with van der Waals surface area (Å²) in [6, 6.07) is 4.71. The molecule has 0 radical (unpaired) electrons. The van der Waals surface area contributed by atoms with Crippen LogP contribution in [0.4, 0.5) is 14.9 Å². The van der Waals surface area contributed by atoms with E-state index >= 15 is 0 Å². The summed E-state index contributed by atoms with van der Waals surface area (Å²) >= 11 is 0. The lowest BCUT2D eigenvalue weighted by atomic mass is 10.0. The van der Waals surface area contributed by atoms with Crippen molar-refractivity contribution in [2.24, 2.45) is 0 Å². The van der Waals surface area contributed by atoms with E-state index in [2.05, 4.69) is 14.9 Å². The van der Waals surface area contributed by atoms with E-state index in [1.807, 2.05) is 45.3 Å². The maximum absolute atomic E-state index is 13.8. The molecule has 9 nitrogen and oxygen atoms in total. The molecule has 0 atom stereocenters. The molecular formula is C28H36FN5O4S. The number of pyridine rings is 2. The van der Waals surface area contributed by atoms with E-state index in [0.29, 0.717) is 54.4 Å². The summed E-state index contributed by atoms with van der Waals surface area (Å²) in [5, 5.41) is 0. The lowest BCUT2D eigenvalue weighted by Gasteiger charge is -2.36. The molecule has 11 heteroatoms. The number of ether oxygens (including phenoxy) is 1. The number of nitrogens with zero attached hydrogens (tertiary/aromatic N) is 5. The summed E-state index contributed by atoms with van der Waals surface area (Å²) < 4.78 is 47.5. The normalized spacial score (nSPS) is 14.7. The van der Waals surface area contributed by atoms with Gasteiger partial charge in [-0.15, -0.1) is 0 Å². The highest BCUT2D eigenvalue weighted by Crippen LogP contribution is 2.43. The highest BCUT2D eigenvalue weighted by atomic mass is 32.2. The number of rotatable bonds is 5. The minimum atomic E-state index is -3.66. The summed E-state index contributed by atoms with van der Waals surface area (Å²) in [5.41, 5.74) is 3.00. The van der Waals surface area contributed by atoms with Crippen molar-refractivity contribution in [3.63, 3.8) is 0 Å². The van der Waals surface area contributed by atoms with Crippen molar-refractivity contribution in [2.45, 2.75) is 58.1 Å². The molecule has 210 valence electrons. The molecule has 0 saturated carbocycles. The monoisotopic (exact) mass is 557 g/mol. The van der Waals surface area contributed by atoms with Gasteiger partial charge >= 0.3 is 6.09 Å². The Balaban J connectivity index is 1.77. The fourth-order valence-electron chi connectivity index (χ4n) is 5.03. The van der Waals surface area contributed by atoms with E-state index in [9.17, 15) is 17.6 Å². The lowest BCUT2D eigenvalue weighted by Crippen LogP contribution is -2.50. The topological polar surface area (TPSA) is 97.6 Å². The Bertz CT molecular complexity index is 1470. The molecule has 39 heavy (non-hydrogen) atoms.